The van der Waals surface area contributed by atoms with Crippen LogP contribution >= 0.6 is 0 Å². The van der Waals surface area contributed by atoms with Gasteiger partial charge in [-0.05, 0) is 32.8 Å². The largest absolute Gasteiger partial charge is 0.365 e. The Morgan fingerprint density at radius 1 is 1.42 bits per heavy atom. The zero-order valence-electron chi connectivity index (χ0n) is 8.57. The molecule has 0 saturated carbocycles. The first-order valence-electron chi connectivity index (χ1n) is 4.36. The molecular weight excluding hydrogens is 146 g/mol. The minimum absolute atomic E-state index is 1.04. The molecule has 0 heterocycles. The molecule has 1 nitrogen and oxygen atoms in total. The van der Waals surface area contributed by atoms with Gasteiger partial charge in [0.15, 0.2) is 0 Å². The van der Waals surface area contributed by atoms with Crippen molar-refractivity contribution in [1.82, 2.24) is 5.32 Å². The number of allylic oxidation sites excluding steroid dienone is 4. The van der Waals surface area contributed by atoms with Crippen molar-refractivity contribution in [3.63, 3.8) is 0 Å². The lowest BCUT2D eigenvalue weighted by Gasteiger charge is -2.05. The first kappa shape index (κ1) is 11.0. The maximum atomic E-state index is 3.86. The van der Waals surface area contributed by atoms with Crippen LogP contribution in [-0.4, -0.2) is 0 Å². The van der Waals surface area contributed by atoms with Gasteiger partial charge in [0, 0.05) is 11.9 Å². The van der Waals surface area contributed by atoms with E-state index in [1.165, 1.54) is 11.3 Å². The molecule has 0 aliphatic heterocycles. The summed E-state index contributed by atoms with van der Waals surface area (Å²) >= 11 is 0. The Balaban J connectivity index is 4.12. The lowest BCUT2D eigenvalue weighted by atomic mass is 10.2. The minimum Gasteiger partial charge on any atom is -0.365 e. The van der Waals surface area contributed by atoms with Crippen LogP contribution in [0.4, 0.5) is 0 Å². The average Bonchev–Trinajstić information content (AvgIpc) is 2.05. The van der Waals surface area contributed by atoms with Crippen molar-refractivity contribution in [1.29, 1.82) is 0 Å². The van der Waals surface area contributed by atoms with Crippen molar-refractivity contribution in [2.75, 3.05) is 0 Å². The molecule has 0 aromatic carbocycles. The van der Waals surface area contributed by atoms with Crippen LogP contribution in [0.3, 0.4) is 0 Å². The van der Waals surface area contributed by atoms with Gasteiger partial charge < -0.3 is 5.32 Å². The monoisotopic (exact) mass is 165 g/mol. The zero-order valence-corrected chi connectivity index (χ0v) is 8.57. The summed E-state index contributed by atoms with van der Waals surface area (Å²) in [6.07, 6.45) is 5.12. The third kappa shape index (κ3) is 4.02. The van der Waals surface area contributed by atoms with Crippen molar-refractivity contribution >= 4 is 0 Å². The fourth-order valence-electron chi connectivity index (χ4n) is 0.714. The summed E-state index contributed by atoms with van der Waals surface area (Å²) in [4.78, 5) is 0. The SMILES string of the molecule is C=C(C)/C(C)=C\N/C(=C\C)CC. The molecule has 0 aliphatic rings. The molecule has 0 amide bonds. The van der Waals surface area contributed by atoms with Gasteiger partial charge in [-0.25, -0.2) is 0 Å². The minimum atomic E-state index is 1.04. The summed E-state index contributed by atoms with van der Waals surface area (Å²) in [7, 11) is 0. The third-order valence-electron chi connectivity index (χ3n) is 1.88. The number of hydrogen-bond acceptors (Lipinski definition) is 1. The Labute approximate surface area is 75.9 Å². The first-order valence-corrected chi connectivity index (χ1v) is 4.36. The highest BCUT2D eigenvalue weighted by Gasteiger charge is 1.90. The van der Waals surface area contributed by atoms with Gasteiger partial charge in [0.05, 0.1) is 0 Å². The molecule has 0 unspecified atom stereocenters. The molecule has 1 heteroatoms. The summed E-state index contributed by atoms with van der Waals surface area (Å²) < 4.78 is 0. The highest BCUT2D eigenvalue weighted by atomic mass is 14.8. The number of nitrogens with one attached hydrogen (secondary N) is 1. The van der Waals surface area contributed by atoms with Crippen LogP contribution < -0.4 is 5.32 Å². The molecule has 68 valence electrons. The zero-order chi connectivity index (χ0) is 9.56. The smallest absolute Gasteiger partial charge is 0.0100 e. The Hall–Kier alpha value is -0.980. The Kier molecular flexibility index (Phi) is 5.18. The van der Waals surface area contributed by atoms with Crippen molar-refractivity contribution in [3.05, 3.63) is 35.7 Å². The molecule has 0 aromatic rings. The number of hydrogen-bond donors (Lipinski definition) is 1. The first-order chi connectivity index (χ1) is 5.61. The molecule has 0 radical (unpaired) electrons. The molecule has 0 bridgehead atoms. The summed E-state index contributed by atoms with van der Waals surface area (Å²) in [6, 6.07) is 0. The molecule has 0 aliphatic carbocycles. The third-order valence-corrected chi connectivity index (χ3v) is 1.88. The van der Waals surface area contributed by atoms with Gasteiger partial charge in [-0.3, -0.25) is 0 Å². The van der Waals surface area contributed by atoms with Crippen molar-refractivity contribution in [3.8, 4) is 0 Å². The second-order valence-electron chi connectivity index (χ2n) is 2.92. The van der Waals surface area contributed by atoms with Gasteiger partial charge in [-0.1, -0.05) is 25.2 Å². The van der Waals surface area contributed by atoms with E-state index in [0.717, 1.165) is 12.0 Å². The van der Waals surface area contributed by atoms with E-state index in [1.54, 1.807) is 0 Å². The van der Waals surface area contributed by atoms with Crippen molar-refractivity contribution < 1.29 is 0 Å². The molecule has 1 N–H and O–H groups in total. The van der Waals surface area contributed by atoms with E-state index in [4.69, 9.17) is 0 Å². The summed E-state index contributed by atoms with van der Waals surface area (Å²) in [5, 5.41) is 3.24. The van der Waals surface area contributed by atoms with E-state index in [9.17, 15) is 0 Å². The van der Waals surface area contributed by atoms with Crippen LogP contribution in [0.5, 0.6) is 0 Å². The normalized spacial score (nSPS) is 13.0. The van der Waals surface area contributed by atoms with Gasteiger partial charge in [-0.2, -0.15) is 0 Å². The quantitative estimate of drug-likeness (QED) is 0.630. The highest BCUT2D eigenvalue weighted by Crippen LogP contribution is 2.04. The lowest BCUT2D eigenvalue weighted by Crippen LogP contribution is -2.04. The second-order valence-corrected chi connectivity index (χ2v) is 2.92. The summed E-state index contributed by atoms with van der Waals surface area (Å²) in [5.41, 5.74) is 3.55. The van der Waals surface area contributed by atoms with E-state index in [2.05, 4.69) is 31.8 Å². The lowest BCUT2D eigenvalue weighted by molar-refractivity contribution is 0.930. The average molecular weight is 165 g/mol. The second kappa shape index (κ2) is 5.64. The van der Waals surface area contributed by atoms with E-state index in [0.29, 0.717) is 0 Å². The molecule has 0 atom stereocenters. The van der Waals surface area contributed by atoms with Crippen LogP contribution in [0.25, 0.3) is 0 Å². The van der Waals surface area contributed by atoms with Crippen molar-refractivity contribution in [2.45, 2.75) is 34.1 Å². The molecule has 0 spiro atoms. The summed E-state index contributed by atoms with van der Waals surface area (Å²) in [6.45, 7) is 12.1. The maximum Gasteiger partial charge on any atom is 0.0100 e. The standard InChI is InChI=1S/C11H19N/c1-6-11(7-2)12-8-10(5)9(3)4/h6,8,12H,3,7H2,1-2,4-5H3/b10-8-,11-6-. The molecule has 0 rings (SSSR count). The molecule has 12 heavy (non-hydrogen) atoms. The maximum absolute atomic E-state index is 3.86. The molecule has 0 aromatic heterocycles. The van der Waals surface area contributed by atoms with E-state index >= 15 is 0 Å². The van der Waals surface area contributed by atoms with Gasteiger partial charge in [0.2, 0.25) is 0 Å². The highest BCUT2D eigenvalue weighted by molar-refractivity contribution is 5.24. The molecular formula is C11H19N. The Bertz CT molecular complexity index is 209. The van der Waals surface area contributed by atoms with Crippen LogP contribution in [0.2, 0.25) is 0 Å². The van der Waals surface area contributed by atoms with Gasteiger partial charge >= 0.3 is 0 Å². The predicted octanol–water partition coefficient (Wildman–Crippen LogP) is 3.37. The van der Waals surface area contributed by atoms with Gasteiger partial charge in [0.1, 0.15) is 0 Å². The summed E-state index contributed by atoms with van der Waals surface area (Å²) in [5.74, 6) is 0. The van der Waals surface area contributed by atoms with Crippen LogP contribution in [-0.2, 0) is 0 Å². The molecule has 0 fully saturated rings. The van der Waals surface area contributed by atoms with Crippen LogP contribution in [0.1, 0.15) is 34.1 Å². The van der Waals surface area contributed by atoms with Crippen LogP contribution in [0.15, 0.2) is 35.7 Å². The van der Waals surface area contributed by atoms with Gasteiger partial charge in [-0.15, -0.1) is 0 Å². The fraction of sp³-hybridized carbons (Fsp3) is 0.455. The number of rotatable bonds is 4. The van der Waals surface area contributed by atoms with E-state index < -0.39 is 0 Å². The Morgan fingerprint density at radius 3 is 2.33 bits per heavy atom. The van der Waals surface area contributed by atoms with Gasteiger partial charge in [0.25, 0.3) is 0 Å². The Morgan fingerprint density at radius 2 is 2.00 bits per heavy atom. The fourth-order valence-corrected chi connectivity index (χ4v) is 0.714. The molecule has 0 saturated heterocycles. The van der Waals surface area contributed by atoms with E-state index in [1.807, 2.05) is 20.0 Å². The topological polar surface area (TPSA) is 12.0 Å². The van der Waals surface area contributed by atoms with Crippen LogP contribution in [0, 0.1) is 0 Å². The van der Waals surface area contributed by atoms with Crippen molar-refractivity contribution in [2.24, 2.45) is 0 Å². The van der Waals surface area contributed by atoms with E-state index in [-0.39, 0.29) is 0 Å². The predicted molar refractivity (Wildman–Crippen MR) is 55.8 cm³/mol.